The number of hydrogen-bond acceptors (Lipinski definition) is 2. The molecule has 1 saturated heterocycles. The Kier molecular flexibility index (Phi) is 3.77. The van der Waals surface area contributed by atoms with E-state index in [2.05, 4.69) is 12.2 Å². The number of phenolic OH excluding ortho intramolecular Hbond substituents is 1. The van der Waals surface area contributed by atoms with Gasteiger partial charge in [0.1, 0.15) is 5.75 Å². The first-order valence-corrected chi connectivity index (χ1v) is 7.47. The molecule has 2 aliphatic rings. The van der Waals surface area contributed by atoms with Crippen molar-refractivity contribution in [1.82, 2.24) is 4.90 Å². The van der Waals surface area contributed by atoms with Crippen LogP contribution in [0.3, 0.4) is 0 Å². The van der Waals surface area contributed by atoms with Crippen LogP contribution in [-0.2, 0) is 4.79 Å². The fourth-order valence-electron chi connectivity index (χ4n) is 3.26. The van der Waals surface area contributed by atoms with Crippen molar-refractivity contribution in [1.29, 1.82) is 0 Å². The van der Waals surface area contributed by atoms with Crippen LogP contribution in [0.4, 0.5) is 0 Å². The maximum Gasteiger partial charge on any atom is 0.226 e. The highest BCUT2D eigenvalue weighted by Crippen LogP contribution is 2.30. The molecule has 1 heterocycles. The van der Waals surface area contributed by atoms with Crippen molar-refractivity contribution in [2.75, 3.05) is 13.1 Å². The normalized spacial score (nSPS) is 20.5. The lowest BCUT2D eigenvalue weighted by Gasteiger charge is -2.33. The van der Waals surface area contributed by atoms with E-state index in [1.165, 1.54) is 5.56 Å². The van der Waals surface area contributed by atoms with Gasteiger partial charge in [-0.05, 0) is 49.3 Å². The molecule has 1 fully saturated rings. The van der Waals surface area contributed by atoms with E-state index in [1.807, 2.05) is 17.0 Å². The molecule has 0 aromatic heterocycles. The third-order valence-corrected chi connectivity index (χ3v) is 4.53. The number of likely N-dealkylation sites (tertiary alicyclic amines) is 1. The molecule has 20 heavy (non-hydrogen) atoms. The van der Waals surface area contributed by atoms with Gasteiger partial charge in [0.15, 0.2) is 0 Å². The summed E-state index contributed by atoms with van der Waals surface area (Å²) in [5.41, 5.74) is 1.28. The second-order valence-corrected chi connectivity index (χ2v) is 5.83. The topological polar surface area (TPSA) is 40.5 Å². The Labute approximate surface area is 119 Å². The van der Waals surface area contributed by atoms with Gasteiger partial charge in [-0.1, -0.05) is 24.3 Å². The lowest BCUT2D eigenvalue weighted by atomic mass is 9.89. The lowest BCUT2D eigenvalue weighted by molar-refractivity contribution is -0.136. The van der Waals surface area contributed by atoms with Crippen molar-refractivity contribution in [3.05, 3.63) is 42.0 Å². The highest BCUT2D eigenvalue weighted by atomic mass is 16.3. The van der Waals surface area contributed by atoms with Crippen molar-refractivity contribution in [2.24, 2.45) is 5.92 Å². The molecule has 0 atom stereocenters. The molecule has 106 valence electrons. The average molecular weight is 271 g/mol. The molecule has 1 aromatic rings. The van der Waals surface area contributed by atoms with Crippen LogP contribution in [0, 0.1) is 5.92 Å². The summed E-state index contributed by atoms with van der Waals surface area (Å²) in [5.74, 6) is 1.36. The Bertz CT molecular complexity index is 490. The van der Waals surface area contributed by atoms with Gasteiger partial charge in [0.05, 0.1) is 0 Å². The largest absolute Gasteiger partial charge is 0.508 e. The number of aromatic hydroxyl groups is 1. The highest BCUT2D eigenvalue weighted by molar-refractivity contribution is 5.79. The molecule has 0 radical (unpaired) electrons. The summed E-state index contributed by atoms with van der Waals surface area (Å²) in [6, 6.07) is 7.49. The summed E-state index contributed by atoms with van der Waals surface area (Å²) in [4.78, 5) is 14.4. The molecule has 3 nitrogen and oxygen atoms in total. The molecular formula is C17H21NO2. The van der Waals surface area contributed by atoms with Gasteiger partial charge in [-0.2, -0.15) is 0 Å². The fourth-order valence-corrected chi connectivity index (χ4v) is 3.26. The number of hydrogen-bond donors (Lipinski definition) is 1. The van der Waals surface area contributed by atoms with Gasteiger partial charge in [-0.15, -0.1) is 0 Å². The molecular weight excluding hydrogens is 250 g/mol. The SMILES string of the molecule is O=C(C1CC=CC1)N1CCC(c2ccc(O)cc2)CC1. The van der Waals surface area contributed by atoms with Crippen molar-refractivity contribution < 1.29 is 9.90 Å². The van der Waals surface area contributed by atoms with Crippen LogP contribution in [0.1, 0.15) is 37.2 Å². The molecule has 1 aromatic carbocycles. The number of benzene rings is 1. The summed E-state index contributed by atoms with van der Waals surface area (Å²) < 4.78 is 0. The first-order chi connectivity index (χ1) is 9.74. The minimum atomic E-state index is 0.195. The highest BCUT2D eigenvalue weighted by Gasteiger charge is 2.28. The third kappa shape index (κ3) is 2.72. The number of phenols is 1. The van der Waals surface area contributed by atoms with Crippen LogP contribution < -0.4 is 0 Å². The van der Waals surface area contributed by atoms with E-state index in [-0.39, 0.29) is 5.92 Å². The van der Waals surface area contributed by atoms with Gasteiger partial charge in [-0.3, -0.25) is 4.79 Å². The van der Waals surface area contributed by atoms with Gasteiger partial charge in [0.2, 0.25) is 5.91 Å². The number of carbonyl (C=O) groups is 1. The predicted molar refractivity (Wildman–Crippen MR) is 78.5 cm³/mol. The Morgan fingerprint density at radius 2 is 1.65 bits per heavy atom. The Balaban J connectivity index is 1.56. The van der Waals surface area contributed by atoms with Crippen LogP contribution in [0.5, 0.6) is 5.75 Å². The second kappa shape index (κ2) is 5.70. The number of allylic oxidation sites excluding steroid dienone is 2. The van der Waals surface area contributed by atoms with Gasteiger partial charge in [-0.25, -0.2) is 0 Å². The summed E-state index contributed by atoms with van der Waals surface area (Å²) in [6.45, 7) is 1.72. The maximum atomic E-state index is 12.3. The number of piperidine rings is 1. The van der Waals surface area contributed by atoms with Gasteiger partial charge in [0, 0.05) is 19.0 Å². The van der Waals surface area contributed by atoms with E-state index in [4.69, 9.17) is 0 Å². The first-order valence-electron chi connectivity index (χ1n) is 7.47. The van der Waals surface area contributed by atoms with E-state index in [9.17, 15) is 9.90 Å². The van der Waals surface area contributed by atoms with Crippen LogP contribution in [-0.4, -0.2) is 29.0 Å². The Hall–Kier alpha value is -1.77. The molecule has 3 rings (SSSR count). The van der Waals surface area contributed by atoms with Crippen LogP contribution in [0.25, 0.3) is 0 Å². The quantitative estimate of drug-likeness (QED) is 0.840. The minimum absolute atomic E-state index is 0.195. The van der Waals surface area contributed by atoms with Crippen molar-refractivity contribution in [2.45, 2.75) is 31.6 Å². The molecule has 0 unspecified atom stereocenters. The first kappa shape index (κ1) is 13.2. The van der Waals surface area contributed by atoms with Gasteiger partial charge >= 0.3 is 0 Å². The van der Waals surface area contributed by atoms with Crippen molar-refractivity contribution >= 4 is 5.91 Å². The summed E-state index contributed by atoms with van der Waals surface area (Å²) in [6.07, 6.45) is 8.11. The monoisotopic (exact) mass is 271 g/mol. The Morgan fingerprint density at radius 3 is 2.25 bits per heavy atom. The van der Waals surface area contributed by atoms with Crippen LogP contribution in [0.15, 0.2) is 36.4 Å². The lowest BCUT2D eigenvalue weighted by Crippen LogP contribution is -2.40. The Morgan fingerprint density at radius 1 is 1.05 bits per heavy atom. The minimum Gasteiger partial charge on any atom is -0.508 e. The van der Waals surface area contributed by atoms with E-state index >= 15 is 0 Å². The third-order valence-electron chi connectivity index (χ3n) is 4.53. The van der Waals surface area contributed by atoms with E-state index in [0.717, 1.165) is 38.8 Å². The van der Waals surface area contributed by atoms with Gasteiger partial charge in [0.25, 0.3) is 0 Å². The predicted octanol–water partition coefficient (Wildman–Crippen LogP) is 3.06. The van der Waals surface area contributed by atoms with E-state index in [1.54, 1.807) is 12.1 Å². The van der Waals surface area contributed by atoms with E-state index < -0.39 is 0 Å². The average Bonchev–Trinajstić information content (AvgIpc) is 3.02. The van der Waals surface area contributed by atoms with Crippen molar-refractivity contribution in [3.63, 3.8) is 0 Å². The molecule has 0 spiro atoms. The summed E-state index contributed by atoms with van der Waals surface area (Å²) in [7, 11) is 0. The number of amides is 1. The van der Waals surface area contributed by atoms with Crippen molar-refractivity contribution in [3.8, 4) is 5.75 Å². The number of rotatable bonds is 2. The van der Waals surface area contributed by atoms with E-state index in [0.29, 0.717) is 17.6 Å². The second-order valence-electron chi connectivity index (χ2n) is 5.83. The zero-order valence-corrected chi connectivity index (χ0v) is 11.7. The van der Waals surface area contributed by atoms with Crippen LogP contribution in [0.2, 0.25) is 0 Å². The fraction of sp³-hybridized carbons (Fsp3) is 0.471. The summed E-state index contributed by atoms with van der Waals surface area (Å²) >= 11 is 0. The zero-order valence-electron chi connectivity index (χ0n) is 11.7. The molecule has 1 N–H and O–H groups in total. The van der Waals surface area contributed by atoms with Gasteiger partial charge < -0.3 is 10.0 Å². The molecule has 3 heteroatoms. The molecule has 1 aliphatic carbocycles. The number of nitrogens with zero attached hydrogens (tertiary/aromatic N) is 1. The number of carbonyl (C=O) groups excluding carboxylic acids is 1. The molecule has 1 amide bonds. The smallest absolute Gasteiger partial charge is 0.226 e. The maximum absolute atomic E-state index is 12.3. The standard InChI is InChI=1S/C17H21NO2/c19-16-7-5-13(6-8-16)14-9-11-18(12-10-14)17(20)15-3-1-2-4-15/h1-2,5-8,14-15,19H,3-4,9-12H2. The summed E-state index contributed by atoms with van der Waals surface area (Å²) in [5, 5.41) is 9.33. The zero-order chi connectivity index (χ0) is 13.9. The van der Waals surface area contributed by atoms with Crippen LogP contribution >= 0.6 is 0 Å². The molecule has 0 saturated carbocycles. The molecule has 0 bridgehead atoms. The molecule has 1 aliphatic heterocycles.